The van der Waals surface area contributed by atoms with Crippen LogP contribution in [0, 0.1) is 6.92 Å². The minimum absolute atomic E-state index is 0.0471. The number of carbonyl (C=O) groups excluding carboxylic acids is 1. The lowest BCUT2D eigenvalue weighted by Crippen LogP contribution is -2.17. The van der Waals surface area contributed by atoms with Crippen molar-refractivity contribution >= 4 is 11.6 Å². The Hall–Kier alpha value is -3.35. The molecule has 152 valence electrons. The zero-order valence-electron chi connectivity index (χ0n) is 17.2. The molecular formula is C23H24N6O. The largest absolute Gasteiger partial charge is 0.321 e. The summed E-state index contributed by atoms with van der Waals surface area (Å²) in [6, 6.07) is 9.71. The van der Waals surface area contributed by atoms with Crippen LogP contribution in [0.3, 0.4) is 0 Å². The molecule has 1 amide bonds. The summed E-state index contributed by atoms with van der Waals surface area (Å²) in [5.41, 5.74) is 4.42. The highest BCUT2D eigenvalue weighted by atomic mass is 16.1. The molecule has 3 aromatic rings. The van der Waals surface area contributed by atoms with Gasteiger partial charge >= 0.3 is 0 Å². The second-order valence-corrected chi connectivity index (χ2v) is 8.16. The molecule has 0 aliphatic heterocycles. The lowest BCUT2D eigenvalue weighted by Gasteiger charge is -2.25. The second kappa shape index (κ2) is 7.48. The molecule has 0 bridgehead atoms. The summed E-state index contributed by atoms with van der Waals surface area (Å²) in [5, 5.41) is 11.4. The maximum atomic E-state index is 12.9. The zero-order chi connectivity index (χ0) is 20.7. The first-order chi connectivity index (χ1) is 14.6. The molecule has 2 aliphatic rings. The highest BCUT2D eigenvalue weighted by molar-refractivity contribution is 6.03. The van der Waals surface area contributed by atoms with Gasteiger partial charge in [-0.15, -0.1) is 10.2 Å². The topological polar surface area (TPSA) is 85.6 Å². The summed E-state index contributed by atoms with van der Waals surface area (Å²) in [6.45, 7) is 1.91. The van der Waals surface area contributed by atoms with Gasteiger partial charge in [0.2, 0.25) is 0 Å². The molecule has 1 atom stereocenters. The monoisotopic (exact) mass is 400 g/mol. The lowest BCUT2D eigenvalue weighted by molar-refractivity contribution is 0.102. The fraction of sp³-hybridized carbons (Fsp3) is 0.348. The number of anilines is 1. The molecule has 5 rings (SSSR count). The van der Waals surface area contributed by atoms with Gasteiger partial charge in [-0.1, -0.05) is 23.8 Å². The second-order valence-electron chi connectivity index (χ2n) is 8.16. The Morgan fingerprint density at radius 2 is 2.07 bits per heavy atom. The van der Waals surface area contributed by atoms with Crippen LogP contribution >= 0.6 is 0 Å². The van der Waals surface area contributed by atoms with E-state index in [0.717, 1.165) is 54.3 Å². The van der Waals surface area contributed by atoms with Gasteiger partial charge in [0, 0.05) is 24.3 Å². The molecule has 1 saturated carbocycles. The fourth-order valence-corrected chi connectivity index (χ4v) is 3.88. The number of nitrogens with one attached hydrogen (secondary N) is 1. The van der Waals surface area contributed by atoms with Gasteiger partial charge < -0.3 is 9.88 Å². The Balaban J connectivity index is 1.42. The molecule has 0 radical (unpaired) electrons. The van der Waals surface area contributed by atoms with Crippen LogP contribution in [-0.4, -0.2) is 30.6 Å². The van der Waals surface area contributed by atoms with Crippen molar-refractivity contribution in [2.75, 3.05) is 5.32 Å². The van der Waals surface area contributed by atoms with E-state index in [0.29, 0.717) is 11.6 Å². The first-order valence-corrected chi connectivity index (χ1v) is 10.4. The number of aryl methyl sites for hydroxylation is 2. The molecule has 30 heavy (non-hydrogen) atoms. The van der Waals surface area contributed by atoms with Crippen LogP contribution in [0.15, 0.2) is 48.3 Å². The number of rotatable bonds is 6. The number of aromatic nitrogens is 5. The summed E-state index contributed by atoms with van der Waals surface area (Å²) in [6.07, 6.45) is 8.34. The van der Waals surface area contributed by atoms with Crippen molar-refractivity contribution in [3.8, 4) is 0 Å². The van der Waals surface area contributed by atoms with Crippen LogP contribution in [-0.2, 0) is 7.05 Å². The first kappa shape index (κ1) is 18.7. The smallest absolute Gasteiger partial charge is 0.274 e. The molecule has 0 unspecified atom stereocenters. The van der Waals surface area contributed by atoms with Gasteiger partial charge in [0.05, 0.1) is 5.92 Å². The molecule has 1 N–H and O–H groups in total. The van der Waals surface area contributed by atoms with E-state index in [4.69, 9.17) is 0 Å². The normalized spacial score (nSPS) is 16.5. The van der Waals surface area contributed by atoms with Gasteiger partial charge in [0.1, 0.15) is 23.7 Å². The number of allylic oxidation sites excluding steroid dienone is 2. The molecule has 0 saturated heterocycles. The van der Waals surface area contributed by atoms with Crippen LogP contribution in [0.4, 0.5) is 5.69 Å². The highest BCUT2D eigenvalue weighted by Crippen LogP contribution is 2.39. The van der Waals surface area contributed by atoms with E-state index in [1.807, 2.05) is 36.7 Å². The minimum Gasteiger partial charge on any atom is -0.321 e. The Morgan fingerprint density at radius 1 is 1.23 bits per heavy atom. The van der Waals surface area contributed by atoms with E-state index in [9.17, 15) is 4.79 Å². The predicted molar refractivity (Wildman–Crippen MR) is 113 cm³/mol. The number of nitrogens with zero attached hydrogens (tertiary/aromatic N) is 5. The maximum Gasteiger partial charge on any atom is 0.274 e. The van der Waals surface area contributed by atoms with Gasteiger partial charge in [0.25, 0.3) is 5.91 Å². The molecular weight excluding hydrogens is 376 g/mol. The number of benzene rings is 1. The summed E-state index contributed by atoms with van der Waals surface area (Å²) in [4.78, 5) is 21.9. The minimum atomic E-state index is -0.211. The van der Waals surface area contributed by atoms with Crippen LogP contribution in [0.1, 0.15) is 70.9 Å². The number of amides is 1. The Morgan fingerprint density at radius 3 is 2.73 bits per heavy atom. The lowest BCUT2D eigenvalue weighted by atomic mass is 9.81. The van der Waals surface area contributed by atoms with Gasteiger partial charge in [-0.05, 0) is 56.4 Å². The number of carbonyl (C=O) groups is 1. The predicted octanol–water partition coefficient (Wildman–Crippen LogP) is 3.90. The van der Waals surface area contributed by atoms with Crippen molar-refractivity contribution in [3.63, 3.8) is 0 Å². The van der Waals surface area contributed by atoms with Gasteiger partial charge in [0.15, 0.2) is 0 Å². The Kier molecular flexibility index (Phi) is 4.65. The Labute approximate surface area is 175 Å². The standard InChI is InChI=1S/C23H24N6O/c1-14-11-19(27-21(25-14)16-9-10-16)23(30)26-18-8-4-7-17(12-18)20(15-5-3-6-15)22-28-24-13-29(22)2/h4-5,7-8,11-13,16,20H,3,6,9-10H2,1-2H3,(H,26,30)/t20-/m1/s1. The van der Waals surface area contributed by atoms with Crippen LogP contribution in [0.5, 0.6) is 0 Å². The molecule has 2 aliphatic carbocycles. The number of hydrogen-bond acceptors (Lipinski definition) is 5. The number of hydrogen-bond donors (Lipinski definition) is 1. The van der Waals surface area contributed by atoms with Crippen molar-refractivity contribution in [2.45, 2.75) is 44.4 Å². The maximum absolute atomic E-state index is 12.9. The van der Waals surface area contributed by atoms with Gasteiger partial charge in [-0.2, -0.15) is 0 Å². The third kappa shape index (κ3) is 3.63. The average Bonchev–Trinajstić information content (AvgIpc) is 3.46. The molecule has 0 spiro atoms. The summed E-state index contributed by atoms with van der Waals surface area (Å²) in [7, 11) is 1.96. The average molecular weight is 400 g/mol. The molecule has 2 heterocycles. The molecule has 1 aromatic carbocycles. The van der Waals surface area contributed by atoms with Crippen molar-refractivity contribution < 1.29 is 4.79 Å². The van der Waals surface area contributed by atoms with Gasteiger partial charge in [-0.25, -0.2) is 9.97 Å². The zero-order valence-corrected chi connectivity index (χ0v) is 17.2. The van der Waals surface area contributed by atoms with Crippen molar-refractivity contribution in [3.05, 3.63) is 76.9 Å². The Bertz CT molecular complexity index is 1140. The van der Waals surface area contributed by atoms with E-state index in [1.54, 1.807) is 12.4 Å². The van der Waals surface area contributed by atoms with Gasteiger partial charge in [-0.3, -0.25) is 4.79 Å². The quantitative estimate of drug-likeness (QED) is 0.635. The third-order valence-electron chi connectivity index (χ3n) is 5.74. The van der Waals surface area contributed by atoms with Crippen molar-refractivity contribution in [2.24, 2.45) is 7.05 Å². The van der Waals surface area contributed by atoms with Crippen LogP contribution < -0.4 is 5.32 Å². The van der Waals surface area contributed by atoms with E-state index in [2.05, 4.69) is 37.6 Å². The fourth-order valence-electron chi connectivity index (χ4n) is 3.88. The SMILES string of the molecule is Cc1cc(C(=O)Nc2cccc([C@@H](C3=CCC3)c3nncn3C)c2)nc(C2CC2)n1. The molecule has 2 aromatic heterocycles. The third-order valence-corrected chi connectivity index (χ3v) is 5.74. The van der Waals surface area contributed by atoms with E-state index in [1.165, 1.54) is 5.57 Å². The highest BCUT2D eigenvalue weighted by Gasteiger charge is 2.28. The van der Waals surface area contributed by atoms with E-state index in [-0.39, 0.29) is 11.8 Å². The van der Waals surface area contributed by atoms with E-state index < -0.39 is 0 Å². The molecule has 1 fully saturated rings. The molecule has 7 heteroatoms. The summed E-state index contributed by atoms with van der Waals surface area (Å²) >= 11 is 0. The summed E-state index contributed by atoms with van der Waals surface area (Å²) < 4.78 is 1.96. The van der Waals surface area contributed by atoms with Crippen LogP contribution in [0.2, 0.25) is 0 Å². The van der Waals surface area contributed by atoms with Crippen molar-refractivity contribution in [1.82, 2.24) is 24.7 Å². The molecule has 7 nitrogen and oxygen atoms in total. The van der Waals surface area contributed by atoms with E-state index >= 15 is 0 Å². The first-order valence-electron chi connectivity index (χ1n) is 10.4. The van der Waals surface area contributed by atoms with Crippen LogP contribution in [0.25, 0.3) is 0 Å². The summed E-state index contributed by atoms with van der Waals surface area (Å²) in [5.74, 6) is 1.93. The van der Waals surface area contributed by atoms with Crippen molar-refractivity contribution in [1.29, 1.82) is 0 Å².